The molecule has 0 saturated carbocycles. The molecule has 3 N–H and O–H groups in total. The van der Waals surface area contributed by atoms with E-state index in [1.165, 1.54) is 12.7 Å². The van der Waals surface area contributed by atoms with Crippen molar-refractivity contribution in [1.29, 1.82) is 0 Å². The third-order valence-electron chi connectivity index (χ3n) is 3.56. The summed E-state index contributed by atoms with van der Waals surface area (Å²) in [6.45, 7) is 1.68. The molecule has 0 amide bonds. The first-order valence-electron chi connectivity index (χ1n) is 9.36. The maximum Gasteiger partial charge on any atom is 0.161 e. The first-order valence-corrected chi connectivity index (χ1v) is 9.36. The highest BCUT2D eigenvalue weighted by Crippen LogP contribution is 2.25. The first kappa shape index (κ1) is 24.7. The highest BCUT2D eigenvalue weighted by molar-refractivity contribution is 5.80. The van der Waals surface area contributed by atoms with E-state index in [4.69, 9.17) is 4.74 Å². The zero-order valence-corrected chi connectivity index (χ0v) is 17.9. The van der Waals surface area contributed by atoms with Crippen molar-refractivity contribution in [2.24, 2.45) is 4.99 Å². The molecular weight excluding hydrogens is 380 g/mol. The van der Waals surface area contributed by atoms with Crippen LogP contribution >= 0.6 is 0 Å². The van der Waals surface area contributed by atoms with Gasteiger partial charge in [-0.15, -0.1) is 0 Å². The third kappa shape index (κ3) is 10.3. The minimum absolute atomic E-state index is 0.144. The smallest absolute Gasteiger partial charge is 0.161 e. The molecular formula is C22H30N6O2. The molecule has 0 atom stereocenters. The normalized spacial score (nSPS) is 9.87. The number of hydrogen-bond acceptors (Lipinski definition) is 8. The molecule has 8 heteroatoms. The zero-order valence-electron chi connectivity index (χ0n) is 17.9. The lowest BCUT2D eigenvalue weighted by atomic mass is 10.2. The summed E-state index contributed by atoms with van der Waals surface area (Å²) in [6, 6.07) is 9.05. The minimum atomic E-state index is 0.144. The largest absolute Gasteiger partial charge is 0.504 e. The Morgan fingerprint density at radius 3 is 2.37 bits per heavy atom. The molecule has 0 spiro atoms. The standard InChI is InChI=1S/C9H11NO2.C7H10N2.C6H9N3/c1-10-6-7-3-4-8(11)9(5-7)12-2;1-8-5-7-3-2-4-9-6-7;1-7-4-6-5-8-2-3-9-6/h3-6,11H,1-2H3;2-4,6,8H,5H2,1H3;2-3,5,7H,4H2,1H3. The number of aliphatic imine (C=N–C) groups is 1. The van der Waals surface area contributed by atoms with E-state index < -0.39 is 0 Å². The van der Waals surface area contributed by atoms with E-state index in [1.807, 2.05) is 32.4 Å². The number of aromatic hydroxyl groups is 1. The van der Waals surface area contributed by atoms with Gasteiger partial charge in [-0.3, -0.25) is 19.9 Å². The van der Waals surface area contributed by atoms with Gasteiger partial charge in [0.25, 0.3) is 0 Å². The Bertz CT molecular complexity index is 803. The number of benzene rings is 1. The second kappa shape index (κ2) is 15.5. The maximum absolute atomic E-state index is 9.23. The molecule has 0 aliphatic rings. The van der Waals surface area contributed by atoms with Crippen LogP contribution in [-0.2, 0) is 13.1 Å². The van der Waals surface area contributed by atoms with Crippen LogP contribution in [0.2, 0.25) is 0 Å². The molecule has 0 unspecified atom stereocenters. The predicted molar refractivity (Wildman–Crippen MR) is 120 cm³/mol. The Hall–Kier alpha value is -3.36. The first-order chi connectivity index (χ1) is 14.6. The lowest BCUT2D eigenvalue weighted by Gasteiger charge is -2.02. The van der Waals surface area contributed by atoms with E-state index in [2.05, 4.69) is 30.6 Å². The molecule has 0 bridgehead atoms. The van der Waals surface area contributed by atoms with Crippen LogP contribution in [0.5, 0.6) is 11.5 Å². The molecule has 8 nitrogen and oxygen atoms in total. The highest BCUT2D eigenvalue weighted by atomic mass is 16.5. The zero-order chi connectivity index (χ0) is 22.0. The molecule has 1 aromatic carbocycles. The summed E-state index contributed by atoms with van der Waals surface area (Å²) in [5.74, 6) is 0.609. The maximum atomic E-state index is 9.23. The Labute approximate surface area is 178 Å². The van der Waals surface area contributed by atoms with Gasteiger partial charge in [0.1, 0.15) is 0 Å². The van der Waals surface area contributed by atoms with Crippen molar-refractivity contribution < 1.29 is 9.84 Å². The summed E-state index contributed by atoms with van der Waals surface area (Å²) < 4.78 is 4.92. The van der Waals surface area contributed by atoms with Crippen molar-refractivity contribution in [3.8, 4) is 11.5 Å². The number of hydrogen-bond donors (Lipinski definition) is 3. The fourth-order valence-electron chi connectivity index (χ4n) is 2.23. The van der Waals surface area contributed by atoms with Gasteiger partial charge in [-0.2, -0.15) is 0 Å². The van der Waals surface area contributed by atoms with Gasteiger partial charge in [-0.05, 0) is 49.5 Å². The molecule has 0 aliphatic heterocycles. The Morgan fingerprint density at radius 2 is 1.80 bits per heavy atom. The Balaban J connectivity index is 0.000000229. The van der Waals surface area contributed by atoms with Crippen molar-refractivity contribution in [3.05, 3.63) is 78.1 Å². The van der Waals surface area contributed by atoms with Crippen LogP contribution < -0.4 is 15.4 Å². The average Bonchev–Trinajstić information content (AvgIpc) is 2.78. The quantitative estimate of drug-likeness (QED) is 0.536. The van der Waals surface area contributed by atoms with Gasteiger partial charge in [0.2, 0.25) is 0 Å². The Kier molecular flexibility index (Phi) is 12.8. The number of ether oxygens (including phenoxy) is 1. The summed E-state index contributed by atoms with van der Waals surface area (Å²) in [4.78, 5) is 15.8. The Morgan fingerprint density at radius 1 is 1.03 bits per heavy atom. The van der Waals surface area contributed by atoms with E-state index >= 15 is 0 Å². The number of aromatic nitrogens is 3. The van der Waals surface area contributed by atoms with Gasteiger partial charge in [0.15, 0.2) is 11.5 Å². The van der Waals surface area contributed by atoms with Gasteiger partial charge in [0, 0.05) is 57.3 Å². The van der Waals surface area contributed by atoms with Crippen LogP contribution in [0.4, 0.5) is 0 Å². The number of methoxy groups -OCH3 is 1. The van der Waals surface area contributed by atoms with Crippen LogP contribution in [0.25, 0.3) is 0 Å². The van der Waals surface area contributed by atoms with E-state index in [-0.39, 0.29) is 5.75 Å². The molecule has 2 heterocycles. The van der Waals surface area contributed by atoms with Crippen molar-refractivity contribution in [3.63, 3.8) is 0 Å². The van der Waals surface area contributed by atoms with Crippen molar-refractivity contribution in [2.75, 3.05) is 28.3 Å². The second-order valence-corrected chi connectivity index (χ2v) is 5.94. The monoisotopic (exact) mass is 410 g/mol. The van der Waals surface area contributed by atoms with E-state index in [1.54, 1.807) is 56.2 Å². The molecule has 0 aliphatic carbocycles. The lowest BCUT2D eigenvalue weighted by molar-refractivity contribution is 0.373. The summed E-state index contributed by atoms with van der Waals surface area (Å²) in [5, 5.41) is 15.3. The number of nitrogens with zero attached hydrogens (tertiary/aromatic N) is 4. The van der Waals surface area contributed by atoms with Crippen LogP contribution in [0, 0.1) is 0 Å². The fraction of sp³-hybridized carbons (Fsp3) is 0.273. The number of phenols is 1. The molecule has 160 valence electrons. The number of pyridine rings is 1. The average molecular weight is 411 g/mol. The summed E-state index contributed by atoms with van der Waals surface area (Å²) in [7, 11) is 7.02. The van der Waals surface area contributed by atoms with E-state index in [0.29, 0.717) is 5.75 Å². The fourth-order valence-corrected chi connectivity index (χ4v) is 2.23. The van der Waals surface area contributed by atoms with Gasteiger partial charge in [-0.1, -0.05) is 6.07 Å². The third-order valence-corrected chi connectivity index (χ3v) is 3.56. The lowest BCUT2D eigenvalue weighted by Crippen LogP contribution is -2.06. The molecule has 0 saturated heterocycles. The second-order valence-electron chi connectivity index (χ2n) is 5.94. The minimum Gasteiger partial charge on any atom is -0.504 e. The van der Waals surface area contributed by atoms with Gasteiger partial charge < -0.3 is 20.5 Å². The van der Waals surface area contributed by atoms with Crippen molar-refractivity contribution in [2.45, 2.75) is 13.1 Å². The van der Waals surface area contributed by atoms with Gasteiger partial charge in [0.05, 0.1) is 12.8 Å². The summed E-state index contributed by atoms with van der Waals surface area (Å²) >= 11 is 0. The van der Waals surface area contributed by atoms with Crippen molar-refractivity contribution in [1.82, 2.24) is 25.6 Å². The molecule has 3 aromatic rings. The molecule has 0 radical (unpaired) electrons. The van der Waals surface area contributed by atoms with Crippen LogP contribution in [0.3, 0.4) is 0 Å². The van der Waals surface area contributed by atoms with Crippen LogP contribution in [0.15, 0.2) is 66.3 Å². The molecule has 3 rings (SSSR count). The number of phenolic OH excluding ortho intramolecular Hbond substituents is 1. The molecule has 0 fully saturated rings. The van der Waals surface area contributed by atoms with Gasteiger partial charge >= 0.3 is 0 Å². The summed E-state index contributed by atoms with van der Waals surface area (Å²) in [6.07, 6.45) is 10.4. The number of nitrogens with one attached hydrogen (secondary N) is 2. The van der Waals surface area contributed by atoms with Crippen molar-refractivity contribution >= 4 is 6.21 Å². The van der Waals surface area contributed by atoms with E-state index in [9.17, 15) is 5.11 Å². The van der Waals surface area contributed by atoms with E-state index in [0.717, 1.165) is 24.3 Å². The SMILES string of the molecule is CN=Cc1ccc(O)c(OC)c1.CNCc1cccnc1.CNCc1cnccn1. The highest BCUT2D eigenvalue weighted by Gasteiger charge is 1.99. The topological polar surface area (TPSA) is 105 Å². The predicted octanol–water partition coefficient (Wildman–Crippen LogP) is 2.45. The van der Waals surface area contributed by atoms with Crippen LogP contribution in [0.1, 0.15) is 16.8 Å². The van der Waals surface area contributed by atoms with Gasteiger partial charge in [-0.25, -0.2) is 0 Å². The van der Waals surface area contributed by atoms with Crippen LogP contribution in [-0.4, -0.2) is 54.5 Å². The number of rotatable bonds is 6. The molecule has 30 heavy (non-hydrogen) atoms. The molecule has 2 aromatic heterocycles. The summed E-state index contributed by atoms with van der Waals surface area (Å²) in [5.41, 5.74) is 3.10.